The van der Waals surface area contributed by atoms with E-state index in [0.717, 1.165) is 11.1 Å². The smallest absolute Gasteiger partial charge is 0.411 e. The number of rotatable bonds is 7. The topological polar surface area (TPSA) is 76.1 Å². The van der Waals surface area contributed by atoms with Crippen LogP contribution in [-0.2, 0) is 22.7 Å². The number of aliphatic carboxylic acids is 1. The molecular formula is C27H26FNO5. The van der Waals surface area contributed by atoms with Gasteiger partial charge in [-0.1, -0.05) is 60.7 Å². The minimum absolute atomic E-state index is 0.0570. The van der Waals surface area contributed by atoms with Crippen LogP contribution in [0.5, 0.6) is 5.75 Å². The molecule has 0 aliphatic carbocycles. The zero-order valence-electron chi connectivity index (χ0n) is 18.8. The lowest BCUT2D eigenvalue weighted by molar-refractivity contribution is -0.148. The van der Waals surface area contributed by atoms with E-state index in [1.165, 1.54) is 11.0 Å². The van der Waals surface area contributed by atoms with Gasteiger partial charge in [0.2, 0.25) is 0 Å². The second kappa shape index (κ2) is 9.95. The summed E-state index contributed by atoms with van der Waals surface area (Å²) in [4.78, 5) is 26.5. The third-order valence-electron chi connectivity index (χ3n) is 6.23. The Morgan fingerprint density at radius 2 is 1.68 bits per heavy atom. The molecule has 0 radical (unpaired) electrons. The Labute approximate surface area is 197 Å². The van der Waals surface area contributed by atoms with Crippen LogP contribution in [0.25, 0.3) is 0 Å². The molecule has 0 aromatic heterocycles. The number of halogens is 1. The van der Waals surface area contributed by atoms with Gasteiger partial charge in [0.15, 0.2) is 0 Å². The van der Waals surface area contributed by atoms with E-state index in [0.29, 0.717) is 24.2 Å². The number of carbonyl (C=O) groups excluding carboxylic acids is 1. The third kappa shape index (κ3) is 4.88. The van der Waals surface area contributed by atoms with Gasteiger partial charge in [0.05, 0.1) is 6.04 Å². The molecule has 0 spiro atoms. The number of carboxylic acids is 1. The zero-order valence-corrected chi connectivity index (χ0v) is 18.8. The molecule has 176 valence electrons. The Hall–Kier alpha value is -3.87. The van der Waals surface area contributed by atoms with Gasteiger partial charge in [-0.15, -0.1) is 0 Å². The monoisotopic (exact) mass is 463 g/mol. The van der Waals surface area contributed by atoms with Crippen LogP contribution >= 0.6 is 0 Å². The highest BCUT2D eigenvalue weighted by molar-refractivity contribution is 5.85. The van der Waals surface area contributed by atoms with Crippen molar-refractivity contribution in [3.63, 3.8) is 0 Å². The summed E-state index contributed by atoms with van der Waals surface area (Å²) >= 11 is 0. The van der Waals surface area contributed by atoms with Crippen LogP contribution in [0.2, 0.25) is 0 Å². The van der Waals surface area contributed by atoms with Crippen molar-refractivity contribution in [1.82, 2.24) is 4.90 Å². The number of carbonyl (C=O) groups is 2. The SMILES string of the molecule is C[C@@]1(C(=O)O)CC[C@H](c2ccc(OCc3ccccc3F)cc2)N1C(=O)OCc1ccccc1. The van der Waals surface area contributed by atoms with Crippen molar-refractivity contribution in [1.29, 1.82) is 0 Å². The molecule has 34 heavy (non-hydrogen) atoms. The number of benzene rings is 3. The van der Waals surface area contributed by atoms with Crippen molar-refractivity contribution in [3.8, 4) is 5.75 Å². The van der Waals surface area contributed by atoms with Gasteiger partial charge in [0.1, 0.15) is 30.3 Å². The molecule has 0 unspecified atom stereocenters. The van der Waals surface area contributed by atoms with E-state index in [-0.39, 0.29) is 19.0 Å². The molecule has 0 bridgehead atoms. The molecule has 1 N–H and O–H groups in total. The fourth-order valence-corrected chi connectivity index (χ4v) is 4.22. The van der Waals surface area contributed by atoms with E-state index in [9.17, 15) is 19.1 Å². The van der Waals surface area contributed by atoms with Gasteiger partial charge >= 0.3 is 12.1 Å². The number of carboxylic acid groups (broad SMARTS) is 1. The summed E-state index contributed by atoms with van der Waals surface area (Å²) in [6, 6.07) is 22.3. The van der Waals surface area contributed by atoms with Gasteiger partial charge in [-0.2, -0.15) is 0 Å². The second-order valence-electron chi connectivity index (χ2n) is 8.49. The van der Waals surface area contributed by atoms with Gasteiger partial charge in [-0.25, -0.2) is 14.0 Å². The number of amides is 1. The van der Waals surface area contributed by atoms with Crippen LogP contribution in [0.15, 0.2) is 78.9 Å². The van der Waals surface area contributed by atoms with Crippen LogP contribution in [0.4, 0.5) is 9.18 Å². The van der Waals surface area contributed by atoms with Crippen LogP contribution in [-0.4, -0.2) is 27.6 Å². The van der Waals surface area contributed by atoms with Gasteiger partial charge < -0.3 is 14.6 Å². The molecule has 1 amide bonds. The van der Waals surface area contributed by atoms with Crippen LogP contribution in [0.1, 0.15) is 42.5 Å². The van der Waals surface area contributed by atoms with E-state index in [4.69, 9.17) is 9.47 Å². The van der Waals surface area contributed by atoms with E-state index in [2.05, 4.69) is 0 Å². The van der Waals surface area contributed by atoms with E-state index in [1.807, 2.05) is 30.3 Å². The van der Waals surface area contributed by atoms with Crippen molar-refractivity contribution in [2.24, 2.45) is 0 Å². The Kier molecular flexibility index (Phi) is 6.82. The predicted molar refractivity (Wildman–Crippen MR) is 124 cm³/mol. The van der Waals surface area contributed by atoms with Gasteiger partial charge in [-0.05, 0) is 49.1 Å². The lowest BCUT2D eigenvalue weighted by atomic mass is 10.00. The minimum atomic E-state index is -1.38. The second-order valence-corrected chi connectivity index (χ2v) is 8.49. The average Bonchev–Trinajstić information content (AvgIpc) is 3.22. The van der Waals surface area contributed by atoms with Gasteiger partial charge in [-0.3, -0.25) is 4.90 Å². The number of nitrogens with zero attached hydrogens (tertiary/aromatic N) is 1. The highest BCUT2D eigenvalue weighted by atomic mass is 19.1. The summed E-state index contributed by atoms with van der Waals surface area (Å²) in [7, 11) is 0. The standard InChI is InChI=1S/C27H26FNO5/c1-27(25(30)31)16-15-24(29(27)26(32)34-17-19-7-3-2-4-8-19)20-11-13-22(14-12-20)33-18-21-9-5-6-10-23(21)28/h2-14,24H,15-18H2,1H3,(H,30,31)/t24-,27+/m1/s1. The van der Waals surface area contributed by atoms with Crippen molar-refractivity contribution in [2.45, 2.75) is 44.6 Å². The number of likely N-dealkylation sites (tertiary alicyclic amines) is 1. The van der Waals surface area contributed by atoms with Crippen molar-refractivity contribution in [2.75, 3.05) is 0 Å². The first-order valence-electron chi connectivity index (χ1n) is 11.1. The van der Waals surface area contributed by atoms with Crippen molar-refractivity contribution in [3.05, 3.63) is 101 Å². The molecule has 6 nitrogen and oxygen atoms in total. The highest BCUT2D eigenvalue weighted by Crippen LogP contribution is 2.43. The van der Waals surface area contributed by atoms with Crippen molar-refractivity contribution >= 4 is 12.1 Å². The van der Waals surface area contributed by atoms with Gasteiger partial charge in [0.25, 0.3) is 0 Å². The lowest BCUT2D eigenvalue weighted by Gasteiger charge is -2.34. The molecule has 1 heterocycles. The van der Waals surface area contributed by atoms with Gasteiger partial charge in [0, 0.05) is 5.56 Å². The summed E-state index contributed by atoms with van der Waals surface area (Å²) in [5.74, 6) is -0.858. The fourth-order valence-electron chi connectivity index (χ4n) is 4.22. The van der Waals surface area contributed by atoms with E-state index >= 15 is 0 Å². The molecule has 3 aromatic rings. The predicted octanol–water partition coefficient (Wildman–Crippen LogP) is 5.72. The van der Waals surface area contributed by atoms with Crippen LogP contribution in [0.3, 0.4) is 0 Å². The van der Waals surface area contributed by atoms with E-state index < -0.39 is 23.6 Å². The fraction of sp³-hybridized carbons (Fsp3) is 0.259. The molecule has 7 heteroatoms. The average molecular weight is 464 g/mol. The van der Waals surface area contributed by atoms with Crippen LogP contribution < -0.4 is 4.74 Å². The molecule has 1 fully saturated rings. The van der Waals surface area contributed by atoms with E-state index in [1.54, 1.807) is 49.4 Å². The zero-order chi connectivity index (χ0) is 24.1. The molecule has 0 saturated carbocycles. The maximum Gasteiger partial charge on any atom is 0.411 e. The normalized spacial score (nSPS) is 19.6. The first-order chi connectivity index (χ1) is 16.4. The number of hydrogen-bond acceptors (Lipinski definition) is 4. The third-order valence-corrected chi connectivity index (χ3v) is 6.23. The molecule has 1 aliphatic rings. The molecule has 2 atom stereocenters. The Morgan fingerprint density at radius 3 is 2.35 bits per heavy atom. The molecule has 3 aromatic carbocycles. The molecule has 1 aliphatic heterocycles. The lowest BCUT2D eigenvalue weighted by Crippen LogP contribution is -2.51. The summed E-state index contributed by atoms with van der Waals surface area (Å²) in [6.45, 7) is 1.69. The van der Waals surface area contributed by atoms with Crippen molar-refractivity contribution < 1.29 is 28.6 Å². The Bertz CT molecular complexity index is 1150. The Balaban J connectivity index is 1.49. The number of ether oxygens (including phenoxy) is 2. The summed E-state index contributed by atoms with van der Waals surface area (Å²) in [5, 5.41) is 9.89. The highest BCUT2D eigenvalue weighted by Gasteiger charge is 2.52. The Morgan fingerprint density at radius 1 is 1.00 bits per heavy atom. The summed E-state index contributed by atoms with van der Waals surface area (Å²) in [6.07, 6.45) is 0.119. The first kappa shape index (κ1) is 23.3. The minimum Gasteiger partial charge on any atom is -0.489 e. The quantitative estimate of drug-likeness (QED) is 0.485. The summed E-state index contributed by atoms with van der Waals surface area (Å²) in [5.41, 5.74) is 0.671. The summed E-state index contributed by atoms with van der Waals surface area (Å²) < 4.78 is 25.0. The molecule has 1 saturated heterocycles. The largest absolute Gasteiger partial charge is 0.489 e. The van der Waals surface area contributed by atoms with Crippen LogP contribution in [0, 0.1) is 5.82 Å². The molecular weight excluding hydrogens is 437 g/mol. The molecule has 4 rings (SSSR count). The number of hydrogen-bond donors (Lipinski definition) is 1. The maximum absolute atomic E-state index is 13.8. The first-order valence-corrected chi connectivity index (χ1v) is 11.1. The maximum atomic E-state index is 13.8.